The van der Waals surface area contributed by atoms with Crippen molar-refractivity contribution < 1.29 is 4.74 Å². The number of hydrogen-bond donors (Lipinski definition) is 1. The van der Waals surface area contributed by atoms with Crippen LogP contribution in [0.3, 0.4) is 0 Å². The normalized spacial score (nSPS) is 15.8. The Morgan fingerprint density at radius 2 is 1.65 bits per heavy atom. The first kappa shape index (κ1) is 13.2. The zero-order valence-corrected chi connectivity index (χ0v) is 11.9. The van der Waals surface area contributed by atoms with Crippen molar-refractivity contribution in [2.45, 2.75) is 18.9 Å². The molecule has 2 heteroatoms. The molecule has 0 saturated heterocycles. The molecule has 0 aliphatic heterocycles. The van der Waals surface area contributed by atoms with Gasteiger partial charge in [0, 0.05) is 0 Å². The number of ether oxygens (including phenoxy) is 1. The molecule has 3 rings (SSSR count). The smallest absolute Gasteiger partial charge is 0.118 e. The van der Waals surface area contributed by atoms with Crippen LogP contribution in [0.4, 0.5) is 0 Å². The zero-order chi connectivity index (χ0) is 13.8. The Kier molecular flexibility index (Phi) is 4.03. The van der Waals surface area contributed by atoms with Gasteiger partial charge in [-0.3, -0.25) is 0 Å². The van der Waals surface area contributed by atoms with Gasteiger partial charge in [0.05, 0.1) is 13.2 Å². The van der Waals surface area contributed by atoms with Crippen molar-refractivity contribution in [3.63, 3.8) is 0 Å². The summed E-state index contributed by atoms with van der Waals surface area (Å²) in [6.07, 6.45) is 2.74. The summed E-state index contributed by atoms with van der Waals surface area (Å²) in [5.41, 5.74) is 2.61. The van der Waals surface area contributed by atoms with Gasteiger partial charge >= 0.3 is 0 Å². The summed E-state index contributed by atoms with van der Waals surface area (Å²) in [7, 11) is 1.70. The van der Waals surface area contributed by atoms with Crippen molar-refractivity contribution >= 4 is 0 Å². The van der Waals surface area contributed by atoms with Crippen molar-refractivity contribution in [3.8, 4) is 5.75 Å². The van der Waals surface area contributed by atoms with E-state index < -0.39 is 0 Å². The van der Waals surface area contributed by atoms with Gasteiger partial charge in [0.25, 0.3) is 0 Å². The fraction of sp³-hybridized carbons (Fsp3) is 0.333. The molecule has 0 aromatic heterocycles. The summed E-state index contributed by atoms with van der Waals surface area (Å²) in [6, 6.07) is 19.3. The Balaban J connectivity index is 1.82. The molecule has 1 saturated carbocycles. The van der Waals surface area contributed by atoms with Crippen LogP contribution in [0.5, 0.6) is 5.75 Å². The predicted molar refractivity (Wildman–Crippen MR) is 82.0 cm³/mol. The molecule has 0 heterocycles. The summed E-state index contributed by atoms with van der Waals surface area (Å²) in [6.45, 7) is 1.10. The lowest BCUT2D eigenvalue weighted by Gasteiger charge is -2.20. The second kappa shape index (κ2) is 6.10. The Hall–Kier alpha value is -1.80. The maximum atomic E-state index is 5.24. The molecular formula is C18H21NO. The van der Waals surface area contributed by atoms with E-state index in [0.717, 1.165) is 18.2 Å². The molecule has 0 spiro atoms. The van der Waals surface area contributed by atoms with Gasteiger partial charge in [-0.1, -0.05) is 42.5 Å². The minimum Gasteiger partial charge on any atom is -0.497 e. The molecule has 104 valence electrons. The summed E-state index contributed by atoms with van der Waals surface area (Å²) < 4.78 is 5.24. The molecule has 2 aromatic carbocycles. The van der Waals surface area contributed by atoms with E-state index in [1.807, 2.05) is 12.1 Å². The van der Waals surface area contributed by atoms with Crippen LogP contribution in [-0.2, 0) is 0 Å². The first-order valence-electron chi connectivity index (χ1n) is 7.29. The average Bonchev–Trinajstić information content (AvgIpc) is 3.33. The highest BCUT2D eigenvalue weighted by Gasteiger charge is 2.23. The van der Waals surface area contributed by atoms with Crippen molar-refractivity contribution in [1.29, 1.82) is 0 Å². The van der Waals surface area contributed by atoms with E-state index in [2.05, 4.69) is 47.8 Å². The first-order chi connectivity index (χ1) is 9.86. The monoisotopic (exact) mass is 267 g/mol. The highest BCUT2D eigenvalue weighted by molar-refractivity contribution is 5.35. The van der Waals surface area contributed by atoms with Crippen LogP contribution in [0.25, 0.3) is 0 Å². The fourth-order valence-corrected chi connectivity index (χ4v) is 2.48. The number of hydrogen-bond acceptors (Lipinski definition) is 2. The Labute approximate surface area is 120 Å². The zero-order valence-electron chi connectivity index (χ0n) is 11.9. The lowest BCUT2D eigenvalue weighted by molar-refractivity contribution is 0.414. The van der Waals surface area contributed by atoms with Gasteiger partial charge in [-0.05, 0) is 48.6 Å². The Morgan fingerprint density at radius 3 is 2.25 bits per heavy atom. The van der Waals surface area contributed by atoms with Crippen LogP contribution in [0, 0.1) is 5.92 Å². The third kappa shape index (κ3) is 3.20. The topological polar surface area (TPSA) is 21.3 Å². The van der Waals surface area contributed by atoms with E-state index in [9.17, 15) is 0 Å². The molecular weight excluding hydrogens is 246 g/mol. The summed E-state index contributed by atoms with van der Waals surface area (Å²) in [5.74, 6) is 1.78. The predicted octanol–water partition coefficient (Wildman–Crippen LogP) is 3.78. The third-order valence-electron chi connectivity index (χ3n) is 3.89. The van der Waals surface area contributed by atoms with E-state index in [0.29, 0.717) is 0 Å². The first-order valence-corrected chi connectivity index (χ1v) is 7.29. The average molecular weight is 267 g/mol. The summed E-state index contributed by atoms with van der Waals surface area (Å²) >= 11 is 0. The van der Waals surface area contributed by atoms with Gasteiger partial charge in [-0.15, -0.1) is 0 Å². The molecule has 2 aromatic rings. The molecule has 1 aliphatic rings. The highest BCUT2D eigenvalue weighted by Crippen LogP contribution is 2.30. The van der Waals surface area contributed by atoms with E-state index >= 15 is 0 Å². The summed E-state index contributed by atoms with van der Waals surface area (Å²) in [4.78, 5) is 0. The van der Waals surface area contributed by atoms with Gasteiger partial charge in [-0.2, -0.15) is 0 Å². The van der Waals surface area contributed by atoms with Gasteiger partial charge in [0.1, 0.15) is 5.75 Å². The van der Waals surface area contributed by atoms with Crippen molar-refractivity contribution in [2.24, 2.45) is 5.92 Å². The summed E-state index contributed by atoms with van der Waals surface area (Å²) in [5, 5.41) is 3.71. The molecule has 1 aliphatic carbocycles. The maximum absolute atomic E-state index is 5.24. The second-order valence-corrected chi connectivity index (χ2v) is 5.47. The highest BCUT2D eigenvalue weighted by atomic mass is 16.5. The minimum absolute atomic E-state index is 0.266. The van der Waals surface area contributed by atoms with E-state index in [4.69, 9.17) is 4.74 Å². The minimum atomic E-state index is 0.266. The van der Waals surface area contributed by atoms with Crippen LogP contribution in [-0.4, -0.2) is 13.7 Å². The quantitative estimate of drug-likeness (QED) is 0.860. The number of rotatable bonds is 6. The van der Waals surface area contributed by atoms with E-state index in [1.165, 1.54) is 24.0 Å². The van der Waals surface area contributed by atoms with Crippen LogP contribution in [0.1, 0.15) is 30.0 Å². The maximum Gasteiger partial charge on any atom is 0.118 e. The lowest BCUT2D eigenvalue weighted by Crippen LogP contribution is -2.24. The van der Waals surface area contributed by atoms with Gasteiger partial charge < -0.3 is 10.1 Å². The number of methoxy groups -OCH3 is 1. The molecule has 1 fully saturated rings. The third-order valence-corrected chi connectivity index (χ3v) is 3.89. The molecule has 1 N–H and O–H groups in total. The standard InChI is InChI=1S/C18H21NO/c1-20-17-11-9-16(10-12-17)18(19-13-14-7-8-14)15-5-3-2-4-6-15/h2-6,9-12,14,18-19H,7-8,13H2,1H3/t18-/m1/s1. The van der Waals surface area contributed by atoms with Crippen LogP contribution in [0.2, 0.25) is 0 Å². The fourth-order valence-electron chi connectivity index (χ4n) is 2.48. The van der Waals surface area contributed by atoms with Crippen molar-refractivity contribution in [2.75, 3.05) is 13.7 Å². The van der Waals surface area contributed by atoms with Crippen LogP contribution < -0.4 is 10.1 Å². The SMILES string of the molecule is COc1ccc([C@H](NCC2CC2)c2ccccc2)cc1. The second-order valence-electron chi connectivity index (χ2n) is 5.47. The van der Waals surface area contributed by atoms with Crippen LogP contribution in [0.15, 0.2) is 54.6 Å². The van der Waals surface area contributed by atoms with Gasteiger partial charge in [0.15, 0.2) is 0 Å². The molecule has 0 amide bonds. The van der Waals surface area contributed by atoms with Crippen LogP contribution >= 0.6 is 0 Å². The van der Waals surface area contributed by atoms with Gasteiger partial charge in [0.2, 0.25) is 0 Å². The lowest BCUT2D eigenvalue weighted by atomic mass is 9.98. The molecule has 20 heavy (non-hydrogen) atoms. The Bertz CT molecular complexity index is 531. The van der Waals surface area contributed by atoms with E-state index in [1.54, 1.807) is 7.11 Å². The van der Waals surface area contributed by atoms with Crippen molar-refractivity contribution in [1.82, 2.24) is 5.32 Å². The number of nitrogens with one attached hydrogen (secondary N) is 1. The molecule has 0 unspecified atom stereocenters. The number of benzene rings is 2. The Morgan fingerprint density at radius 1 is 1.00 bits per heavy atom. The van der Waals surface area contributed by atoms with E-state index in [-0.39, 0.29) is 6.04 Å². The molecule has 0 bridgehead atoms. The largest absolute Gasteiger partial charge is 0.497 e. The van der Waals surface area contributed by atoms with Crippen molar-refractivity contribution in [3.05, 3.63) is 65.7 Å². The molecule has 0 radical (unpaired) electrons. The van der Waals surface area contributed by atoms with Gasteiger partial charge in [-0.25, -0.2) is 0 Å². The molecule has 2 nitrogen and oxygen atoms in total. The molecule has 1 atom stereocenters.